The fourth-order valence-electron chi connectivity index (χ4n) is 2.76. The molecular weight excluding hydrogens is 390 g/mol. The Morgan fingerprint density at radius 2 is 1.65 bits per heavy atom. The molecule has 0 saturated carbocycles. The van der Waals surface area contributed by atoms with Crippen LogP contribution in [0.2, 0.25) is 0 Å². The van der Waals surface area contributed by atoms with E-state index in [0.717, 1.165) is 5.56 Å². The first-order chi connectivity index (χ1) is 15.1. The average molecular weight is 409 g/mol. The zero-order valence-corrected chi connectivity index (χ0v) is 16.8. The molecule has 3 rings (SSSR count). The van der Waals surface area contributed by atoms with Gasteiger partial charge in [-0.05, 0) is 54.1 Å². The highest BCUT2D eigenvalue weighted by molar-refractivity contribution is 6.09. The van der Waals surface area contributed by atoms with Crippen LogP contribution in [0.1, 0.15) is 16.7 Å². The summed E-state index contributed by atoms with van der Waals surface area (Å²) in [5, 5.41) is 21.2. The van der Waals surface area contributed by atoms with Gasteiger partial charge in [0.25, 0.3) is 5.91 Å². The van der Waals surface area contributed by atoms with Crippen LogP contribution in [0.15, 0.2) is 78.4 Å². The maximum absolute atomic E-state index is 12.4. The van der Waals surface area contributed by atoms with Crippen molar-refractivity contribution >= 4 is 17.7 Å². The van der Waals surface area contributed by atoms with Crippen LogP contribution in [0.5, 0.6) is 11.5 Å². The molecule has 0 aliphatic heterocycles. The van der Waals surface area contributed by atoms with Gasteiger partial charge in [-0.15, -0.1) is 0 Å². The molecule has 0 atom stereocenters. The molecule has 6 heteroatoms. The van der Waals surface area contributed by atoms with Crippen LogP contribution < -0.4 is 14.8 Å². The Bertz CT molecular complexity index is 1170. The number of nitriles is 2. The van der Waals surface area contributed by atoms with Crippen LogP contribution in [-0.2, 0) is 11.4 Å². The second-order valence-corrected chi connectivity index (χ2v) is 6.48. The van der Waals surface area contributed by atoms with E-state index < -0.39 is 5.91 Å². The largest absolute Gasteiger partial charge is 0.497 e. The molecule has 31 heavy (non-hydrogen) atoms. The number of anilines is 1. The van der Waals surface area contributed by atoms with E-state index in [2.05, 4.69) is 11.4 Å². The molecule has 0 unspecified atom stereocenters. The van der Waals surface area contributed by atoms with Gasteiger partial charge in [0.1, 0.15) is 29.7 Å². The summed E-state index contributed by atoms with van der Waals surface area (Å²) in [5.74, 6) is 0.791. The molecule has 0 fully saturated rings. The number of nitrogens with zero attached hydrogens (tertiary/aromatic N) is 2. The first-order valence-corrected chi connectivity index (χ1v) is 9.41. The lowest BCUT2D eigenvalue weighted by Gasteiger charge is -2.08. The summed E-state index contributed by atoms with van der Waals surface area (Å²) in [6.07, 6.45) is 1.51. The van der Waals surface area contributed by atoms with Crippen molar-refractivity contribution in [1.29, 1.82) is 10.5 Å². The van der Waals surface area contributed by atoms with E-state index in [-0.39, 0.29) is 12.2 Å². The topological polar surface area (TPSA) is 95.1 Å². The summed E-state index contributed by atoms with van der Waals surface area (Å²) in [6.45, 7) is 0.270. The van der Waals surface area contributed by atoms with Crippen molar-refractivity contribution in [3.05, 3.63) is 95.1 Å². The Morgan fingerprint density at radius 1 is 0.968 bits per heavy atom. The Morgan fingerprint density at radius 3 is 2.29 bits per heavy atom. The molecule has 0 aromatic heterocycles. The summed E-state index contributed by atoms with van der Waals surface area (Å²) < 4.78 is 10.8. The van der Waals surface area contributed by atoms with Crippen LogP contribution in [0.25, 0.3) is 6.08 Å². The molecule has 1 amide bonds. The molecule has 0 radical (unpaired) electrons. The van der Waals surface area contributed by atoms with E-state index in [1.807, 2.05) is 18.2 Å². The monoisotopic (exact) mass is 409 g/mol. The fourth-order valence-corrected chi connectivity index (χ4v) is 2.76. The van der Waals surface area contributed by atoms with E-state index in [9.17, 15) is 10.1 Å². The van der Waals surface area contributed by atoms with Crippen molar-refractivity contribution in [2.24, 2.45) is 0 Å². The van der Waals surface area contributed by atoms with Gasteiger partial charge in [-0.1, -0.05) is 30.3 Å². The Kier molecular flexibility index (Phi) is 7.03. The highest BCUT2D eigenvalue weighted by atomic mass is 16.5. The Hall–Kier alpha value is -4.55. The summed E-state index contributed by atoms with van der Waals surface area (Å²) in [6, 6.07) is 25.2. The Balaban J connectivity index is 1.65. The van der Waals surface area contributed by atoms with Gasteiger partial charge in [-0.3, -0.25) is 4.79 Å². The molecule has 0 aliphatic carbocycles. The van der Waals surface area contributed by atoms with E-state index in [4.69, 9.17) is 14.7 Å². The highest BCUT2D eigenvalue weighted by Crippen LogP contribution is 2.19. The maximum Gasteiger partial charge on any atom is 0.266 e. The number of amides is 1. The third-order valence-electron chi connectivity index (χ3n) is 4.44. The van der Waals surface area contributed by atoms with Crippen molar-refractivity contribution < 1.29 is 14.3 Å². The second kappa shape index (κ2) is 10.3. The minimum Gasteiger partial charge on any atom is -0.497 e. The molecule has 0 aliphatic rings. The number of ether oxygens (including phenoxy) is 2. The number of carbonyl (C=O) groups excluding carboxylic acids is 1. The fraction of sp³-hybridized carbons (Fsp3) is 0.0800. The number of rotatable bonds is 7. The van der Waals surface area contributed by atoms with Crippen LogP contribution >= 0.6 is 0 Å². The van der Waals surface area contributed by atoms with Crippen molar-refractivity contribution in [2.75, 3.05) is 12.4 Å². The molecule has 6 nitrogen and oxygen atoms in total. The molecule has 0 heterocycles. The lowest BCUT2D eigenvalue weighted by molar-refractivity contribution is -0.112. The van der Waals surface area contributed by atoms with Gasteiger partial charge in [0, 0.05) is 11.3 Å². The molecular formula is C25H19N3O3. The van der Waals surface area contributed by atoms with Gasteiger partial charge < -0.3 is 14.8 Å². The maximum atomic E-state index is 12.4. The van der Waals surface area contributed by atoms with Crippen LogP contribution in [0, 0.1) is 22.7 Å². The lowest BCUT2D eigenvalue weighted by atomic mass is 10.1. The predicted octanol–water partition coefficient (Wildman–Crippen LogP) is 4.69. The highest BCUT2D eigenvalue weighted by Gasteiger charge is 2.10. The molecule has 0 saturated heterocycles. The molecule has 3 aromatic carbocycles. The molecule has 1 N–H and O–H groups in total. The number of hydrogen-bond donors (Lipinski definition) is 1. The van der Waals surface area contributed by atoms with Crippen molar-refractivity contribution in [3.8, 4) is 23.6 Å². The van der Waals surface area contributed by atoms with E-state index in [0.29, 0.717) is 28.3 Å². The minimum absolute atomic E-state index is 0.0209. The quantitative estimate of drug-likeness (QED) is 0.451. The summed E-state index contributed by atoms with van der Waals surface area (Å²) in [5.41, 5.74) is 2.60. The zero-order chi connectivity index (χ0) is 22.1. The van der Waals surface area contributed by atoms with E-state index in [1.165, 1.54) is 6.08 Å². The standard InChI is InChI=1S/C25H19N3O3/c1-30-23-12-8-22(9-13-23)28-25(29)21(16-27)14-18-6-10-24(11-7-18)31-17-20-5-3-2-4-19(20)15-26/h2-14H,17H2,1H3,(H,28,29)/b21-14-. The first-order valence-electron chi connectivity index (χ1n) is 9.41. The third kappa shape index (κ3) is 5.72. The van der Waals surface area contributed by atoms with Crippen molar-refractivity contribution in [3.63, 3.8) is 0 Å². The first kappa shape index (κ1) is 21.2. The van der Waals surface area contributed by atoms with Crippen molar-refractivity contribution in [1.82, 2.24) is 0 Å². The van der Waals surface area contributed by atoms with Gasteiger partial charge in [-0.2, -0.15) is 10.5 Å². The van der Waals surface area contributed by atoms with Gasteiger partial charge in [0.2, 0.25) is 0 Å². The van der Waals surface area contributed by atoms with Crippen LogP contribution in [0.3, 0.4) is 0 Å². The second-order valence-electron chi connectivity index (χ2n) is 6.48. The molecule has 0 spiro atoms. The number of methoxy groups -OCH3 is 1. The van der Waals surface area contributed by atoms with Crippen molar-refractivity contribution in [2.45, 2.75) is 6.61 Å². The van der Waals surface area contributed by atoms with E-state index in [1.54, 1.807) is 67.8 Å². The summed E-state index contributed by atoms with van der Waals surface area (Å²) in [7, 11) is 1.56. The van der Waals surface area contributed by atoms with Crippen LogP contribution in [0.4, 0.5) is 5.69 Å². The van der Waals surface area contributed by atoms with Crippen LogP contribution in [-0.4, -0.2) is 13.0 Å². The number of benzene rings is 3. The number of hydrogen-bond acceptors (Lipinski definition) is 5. The SMILES string of the molecule is COc1ccc(NC(=O)/C(C#N)=C\c2ccc(OCc3ccccc3C#N)cc2)cc1. The lowest BCUT2D eigenvalue weighted by Crippen LogP contribution is -2.13. The van der Waals surface area contributed by atoms with E-state index >= 15 is 0 Å². The molecule has 152 valence electrons. The van der Waals surface area contributed by atoms with Gasteiger partial charge >= 0.3 is 0 Å². The number of nitrogens with one attached hydrogen (secondary N) is 1. The summed E-state index contributed by atoms with van der Waals surface area (Å²) >= 11 is 0. The third-order valence-corrected chi connectivity index (χ3v) is 4.44. The molecule has 0 bridgehead atoms. The smallest absolute Gasteiger partial charge is 0.266 e. The van der Waals surface area contributed by atoms with Gasteiger partial charge in [0.05, 0.1) is 18.7 Å². The van der Waals surface area contributed by atoms with Gasteiger partial charge in [0.15, 0.2) is 0 Å². The molecule has 3 aromatic rings. The minimum atomic E-state index is -0.499. The predicted molar refractivity (Wildman–Crippen MR) is 117 cm³/mol. The Labute approximate surface area is 180 Å². The summed E-state index contributed by atoms with van der Waals surface area (Å²) in [4.78, 5) is 12.4. The normalized spacial score (nSPS) is 10.5. The zero-order valence-electron chi connectivity index (χ0n) is 16.8. The van der Waals surface area contributed by atoms with Gasteiger partial charge in [-0.25, -0.2) is 0 Å². The average Bonchev–Trinajstić information content (AvgIpc) is 2.82. The number of carbonyl (C=O) groups is 1.